The maximum atomic E-state index is 11.9. The smallest absolute Gasteiger partial charge is 0.329 e. The number of hydrogen-bond donors (Lipinski definition) is 3. The number of rotatable bonds is 6. The number of aromatic hydroxyl groups is 1. The summed E-state index contributed by atoms with van der Waals surface area (Å²) in [6, 6.07) is 6.34. The molecule has 0 fully saturated rings. The standard InChI is InChI=1S/C14H19NO4/c1-3-7-14(2,13(18)19)15-12(17)9-10-5-4-6-11(16)8-10/h4-6,8,16H,3,7,9H2,1-2H3,(H,15,17)(H,18,19). The van der Waals surface area contributed by atoms with Crippen LogP contribution >= 0.6 is 0 Å². The quantitative estimate of drug-likeness (QED) is 0.730. The third-order valence-corrected chi connectivity index (χ3v) is 2.91. The summed E-state index contributed by atoms with van der Waals surface area (Å²) < 4.78 is 0. The predicted octanol–water partition coefficient (Wildman–Crippen LogP) is 1.69. The van der Waals surface area contributed by atoms with Gasteiger partial charge in [-0.1, -0.05) is 25.5 Å². The molecule has 0 heterocycles. The van der Waals surface area contributed by atoms with Gasteiger partial charge in [0, 0.05) is 0 Å². The molecule has 19 heavy (non-hydrogen) atoms. The van der Waals surface area contributed by atoms with Crippen molar-refractivity contribution < 1.29 is 19.8 Å². The molecule has 104 valence electrons. The number of phenolic OH excluding ortho intramolecular Hbond substituents is 1. The van der Waals surface area contributed by atoms with E-state index in [9.17, 15) is 14.7 Å². The molecule has 0 saturated carbocycles. The number of amides is 1. The molecule has 0 aliphatic heterocycles. The number of phenols is 1. The van der Waals surface area contributed by atoms with Gasteiger partial charge in [-0.25, -0.2) is 4.79 Å². The number of benzene rings is 1. The highest BCUT2D eigenvalue weighted by Gasteiger charge is 2.33. The lowest BCUT2D eigenvalue weighted by Crippen LogP contribution is -2.52. The van der Waals surface area contributed by atoms with Crippen LogP contribution < -0.4 is 5.32 Å². The number of carboxylic acids is 1. The van der Waals surface area contributed by atoms with E-state index in [1.807, 2.05) is 6.92 Å². The van der Waals surface area contributed by atoms with Crippen LogP contribution in [0.4, 0.5) is 0 Å². The Morgan fingerprint density at radius 2 is 2.05 bits per heavy atom. The molecular weight excluding hydrogens is 246 g/mol. The van der Waals surface area contributed by atoms with Crippen LogP contribution in [0.25, 0.3) is 0 Å². The lowest BCUT2D eigenvalue weighted by Gasteiger charge is -2.25. The van der Waals surface area contributed by atoms with Crippen LogP contribution in [-0.4, -0.2) is 27.6 Å². The average molecular weight is 265 g/mol. The van der Waals surface area contributed by atoms with Crippen LogP contribution in [0.15, 0.2) is 24.3 Å². The van der Waals surface area contributed by atoms with Crippen molar-refractivity contribution in [3.63, 3.8) is 0 Å². The molecule has 1 aromatic rings. The second-order valence-corrected chi connectivity index (χ2v) is 4.78. The van der Waals surface area contributed by atoms with Crippen LogP contribution in [-0.2, 0) is 16.0 Å². The molecule has 0 aromatic heterocycles. The second kappa shape index (κ2) is 6.22. The van der Waals surface area contributed by atoms with Gasteiger partial charge >= 0.3 is 5.97 Å². The second-order valence-electron chi connectivity index (χ2n) is 4.78. The minimum atomic E-state index is -1.25. The van der Waals surface area contributed by atoms with Gasteiger partial charge in [-0.15, -0.1) is 0 Å². The maximum Gasteiger partial charge on any atom is 0.329 e. The fourth-order valence-electron chi connectivity index (χ4n) is 1.93. The van der Waals surface area contributed by atoms with Gasteiger partial charge < -0.3 is 15.5 Å². The summed E-state index contributed by atoms with van der Waals surface area (Å²) in [4.78, 5) is 23.1. The van der Waals surface area contributed by atoms with Crippen LogP contribution in [0, 0.1) is 0 Å². The van der Waals surface area contributed by atoms with E-state index in [0.29, 0.717) is 18.4 Å². The third-order valence-electron chi connectivity index (χ3n) is 2.91. The Labute approximate surface area is 112 Å². The first-order valence-corrected chi connectivity index (χ1v) is 6.19. The first-order chi connectivity index (χ1) is 8.87. The predicted molar refractivity (Wildman–Crippen MR) is 70.9 cm³/mol. The van der Waals surface area contributed by atoms with E-state index >= 15 is 0 Å². The van der Waals surface area contributed by atoms with E-state index < -0.39 is 11.5 Å². The first kappa shape index (κ1) is 15.0. The Bertz CT molecular complexity index is 472. The van der Waals surface area contributed by atoms with Crippen LogP contribution in [0.2, 0.25) is 0 Å². The SMILES string of the molecule is CCCC(C)(NC(=O)Cc1cccc(O)c1)C(=O)O. The van der Waals surface area contributed by atoms with Gasteiger partial charge in [0.1, 0.15) is 11.3 Å². The molecule has 1 aromatic carbocycles. The molecule has 0 bridgehead atoms. The molecular formula is C14H19NO4. The lowest BCUT2D eigenvalue weighted by molar-refractivity contribution is -0.147. The normalized spacial score (nSPS) is 13.6. The maximum absolute atomic E-state index is 11.9. The Kier molecular flexibility index (Phi) is 4.92. The molecule has 0 spiro atoms. The summed E-state index contributed by atoms with van der Waals surface area (Å²) in [6.07, 6.45) is 1.07. The molecule has 1 unspecified atom stereocenters. The van der Waals surface area contributed by atoms with Crippen molar-refractivity contribution in [2.75, 3.05) is 0 Å². The van der Waals surface area contributed by atoms with Crippen molar-refractivity contribution in [2.24, 2.45) is 0 Å². The summed E-state index contributed by atoms with van der Waals surface area (Å²) >= 11 is 0. The molecule has 5 heteroatoms. The number of carbonyl (C=O) groups is 2. The zero-order chi connectivity index (χ0) is 14.5. The fraction of sp³-hybridized carbons (Fsp3) is 0.429. The largest absolute Gasteiger partial charge is 0.508 e. The highest BCUT2D eigenvalue weighted by atomic mass is 16.4. The summed E-state index contributed by atoms with van der Waals surface area (Å²) in [7, 11) is 0. The van der Waals surface area contributed by atoms with Gasteiger partial charge in [0.05, 0.1) is 6.42 Å². The van der Waals surface area contributed by atoms with Gasteiger partial charge in [-0.3, -0.25) is 4.79 Å². The van der Waals surface area contributed by atoms with Crippen LogP contribution in [0.3, 0.4) is 0 Å². The zero-order valence-corrected chi connectivity index (χ0v) is 11.1. The molecule has 0 radical (unpaired) electrons. The molecule has 0 saturated heterocycles. The van der Waals surface area contributed by atoms with Gasteiger partial charge in [-0.2, -0.15) is 0 Å². The Balaban J connectivity index is 2.71. The summed E-state index contributed by atoms with van der Waals surface area (Å²) in [5.41, 5.74) is -0.607. The number of hydrogen-bond acceptors (Lipinski definition) is 3. The number of nitrogens with one attached hydrogen (secondary N) is 1. The first-order valence-electron chi connectivity index (χ1n) is 6.19. The molecule has 5 nitrogen and oxygen atoms in total. The average Bonchev–Trinajstić information content (AvgIpc) is 2.28. The van der Waals surface area contributed by atoms with E-state index in [1.54, 1.807) is 12.1 Å². The summed E-state index contributed by atoms with van der Waals surface area (Å²) in [5.74, 6) is -1.33. The van der Waals surface area contributed by atoms with E-state index in [-0.39, 0.29) is 18.1 Å². The minimum Gasteiger partial charge on any atom is -0.508 e. The summed E-state index contributed by atoms with van der Waals surface area (Å²) in [5, 5.41) is 21.0. The van der Waals surface area contributed by atoms with E-state index in [0.717, 1.165) is 0 Å². The van der Waals surface area contributed by atoms with Gasteiger partial charge in [0.25, 0.3) is 0 Å². The van der Waals surface area contributed by atoms with Crippen LogP contribution in [0.5, 0.6) is 5.75 Å². The van der Waals surface area contributed by atoms with Crippen molar-refractivity contribution in [1.29, 1.82) is 0 Å². The third kappa shape index (κ3) is 4.28. The van der Waals surface area contributed by atoms with E-state index in [1.165, 1.54) is 19.1 Å². The van der Waals surface area contributed by atoms with Crippen molar-refractivity contribution in [1.82, 2.24) is 5.32 Å². The van der Waals surface area contributed by atoms with Gasteiger partial charge in [-0.05, 0) is 31.0 Å². The monoisotopic (exact) mass is 265 g/mol. The van der Waals surface area contributed by atoms with Crippen molar-refractivity contribution in [3.8, 4) is 5.75 Å². The van der Waals surface area contributed by atoms with Crippen molar-refractivity contribution in [2.45, 2.75) is 38.6 Å². The van der Waals surface area contributed by atoms with Crippen molar-refractivity contribution in [3.05, 3.63) is 29.8 Å². The van der Waals surface area contributed by atoms with Crippen LogP contribution in [0.1, 0.15) is 32.3 Å². The highest BCUT2D eigenvalue weighted by Crippen LogP contribution is 2.15. The Hall–Kier alpha value is -2.04. The molecule has 1 atom stereocenters. The number of aliphatic carboxylic acids is 1. The molecule has 3 N–H and O–H groups in total. The molecule has 1 rings (SSSR count). The van der Waals surface area contributed by atoms with E-state index in [4.69, 9.17) is 5.11 Å². The summed E-state index contributed by atoms with van der Waals surface area (Å²) in [6.45, 7) is 3.36. The van der Waals surface area contributed by atoms with Crippen molar-refractivity contribution >= 4 is 11.9 Å². The Morgan fingerprint density at radius 1 is 1.37 bits per heavy atom. The molecule has 0 aliphatic carbocycles. The van der Waals surface area contributed by atoms with Gasteiger partial charge in [0.2, 0.25) is 5.91 Å². The lowest BCUT2D eigenvalue weighted by atomic mass is 9.96. The topological polar surface area (TPSA) is 86.6 Å². The van der Waals surface area contributed by atoms with Gasteiger partial charge in [0.15, 0.2) is 0 Å². The molecule has 1 amide bonds. The zero-order valence-electron chi connectivity index (χ0n) is 11.1. The number of carbonyl (C=O) groups excluding carboxylic acids is 1. The minimum absolute atomic E-state index is 0.0426. The number of carboxylic acid groups (broad SMARTS) is 1. The Morgan fingerprint density at radius 3 is 2.58 bits per heavy atom. The molecule has 0 aliphatic rings. The van der Waals surface area contributed by atoms with E-state index in [2.05, 4.69) is 5.32 Å². The highest BCUT2D eigenvalue weighted by molar-refractivity contribution is 5.87. The fourth-order valence-corrected chi connectivity index (χ4v) is 1.93.